The first-order chi connectivity index (χ1) is 27.7. The van der Waals surface area contributed by atoms with Crippen molar-refractivity contribution in [3.63, 3.8) is 0 Å². The first-order valence-electron chi connectivity index (χ1n) is 19.4. The number of fused-ring (bicyclic) bond motifs is 1. The molecule has 0 saturated carbocycles. The van der Waals surface area contributed by atoms with Gasteiger partial charge in [-0.1, -0.05) is 73.5 Å². The molecular weight excluding hydrogens is 744 g/mol. The molecule has 4 aromatic carbocycles. The number of phenolic OH excluding ortho intramolecular Hbond substituents is 1. The maximum absolute atomic E-state index is 13.1. The normalized spacial score (nSPS) is 15.4. The van der Waals surface area contributed by atoms with E-state index in [0.29, 0.717) is 73.7 Å². The molecule has 1 fully saturated rings. The number of phenols is 1. The number of benzene rings is 4. The lowest BCUT2D eigenvalue weighted by Gasteiger charge is -2.29. The zero-order valence-corrected chi connectivity index (χ0v) is 32.5. The summed E-state index contributed by atoms with van der Waals surface area (Å²) in [7, 11) is 0. The van der Waals surface area contributed by atoms with Crippen LogP contribution in [0.2, 0.25) is 0 Å². The third-order valence-electron chi connectivity index (χ3n) is 10.2. The van der Waals surface area contributed by atoms with Crippen LogP contribution in [-0.4, -0.2) is 64.6 Å². The number of hydrogen-bond donors (Lipinski definition) is 4. The summed E-state index contributed by atoms with van der Waals surface area (Å²) in [6, 6.07) is 29.5. The molecule has 2 aliphatic heterocycles. The Kier molecular flexibility index (Phi) is 14.1. The first kappa shape index (κ1) is 40.7. The number of allylic oxidation sites excluding steroid dienone is 1. The van der Waals surface area contributed by atoms with Crippen LogP contribution in [0.3, 0.4) is 0 Å². The highest BCUT2D eigenvalue weighted by Gasteiger charge is 2.40. The Labute approximate surface area is 337 Å². The van der Waals surface area contributed by atoms with Gasteiger partial charge in [0.15, 0.2) is 0 Å². The minimum absolute atomic E-state index is 0.0538. The van der Waals surface area contributed by atoms with E-state index in [1.165, 1.54) is 4.90 Å². The van der Waals surface area contributed by atoms with Gasteiger partial charge in [0.2, 0.25) is 23.6 Å². The van der Waals surface area contributed by atoms with Crippen LogP contribution in [0.4, 0.5) is 5.69 Å². The number of aromatic hydroxyl groups is 1. The van der Waals surface area contributed by atoms with Gasteiger partial charge in [-0.3, -0.25) is 29.3 Å². The SMILES string of the molecule is O=C(CCCCCCC(=O)Nc1cccc2c1CN(C1CCC(=O)NC1=O)C2=O)NCCOc1ccc(C(=C(CCCl)c2ccccc2)c2ccc(O)cc2)cc1. The number of unbranched alkanes of at least 4 members (excludes halogenated alkanes) is 3. The molecule has 11 nitrogen and oxygen atoms in total. The van der Waals surface area contributed by atoms with Gasteiger partial charge in [0.25, 0.3) is 5.91 Å². The number of carbonyl (C=O) groups is 5. The number of hydrogen-bond acceptors (Lipinski definition) is 7. The monoisotopic (exact) mass is 790 g/mol. The van der Waals surface area contributed by atoms with Crippen LogP contribution in [0.25, 0.3) is 11.1 Å². The molecule has 12 heteroatoms. The average molecular weight is 791 g/mol. The van der Waals surface area contributed by atoms with Crippen LogP contribution < -0.4 is 20.7 Å². The van der Waals surface area contributed by atoms with Crippen molar-refractivity contribution in [1.29, 1.82) is 0 Å². The van der Waals surface area contributed by atoms with Crippen molar-refractivity contribution in [2.24, 2.45) is 0 Å². The lowest BCUT2D eigenvalue weighted by atomic mass is 9.88. The predicted octanol–water partition coefficient (Wildman–Crippen LogP) is 7.22. The van der Waals surface area contributed by atoms with Crippen molar-refractivity contribution < 1.29 is 33.8 Å². The van der Waals surface area contributed by atoms with Crippen molar-refractivity contribution in [3.05, 3.63) is 125 Å². The van der Waals surface area contributed by atoms with E-state index in [1.807, 2.05) is 54.6 Å². The van der Waals surface area contributed by atoms with E-state index in [0.717, 1.165) is 40.7 Å². The first-order valence-corrected chi connectivity index (χ1v) is 20.0. The fourth-order valence-electron chi connectivity index (χ4n) is 7.30. The molecule has 1 unspecified atom stereocenters. The highest BCUT2D eigenvalue weighted by Crippen LogP contribution is 2.36. The number of rotatable bonds is 18. The Bertz CT molecular complexity index is 2100. The molecule has 6 rings (SSSR count). The van der Waals surface area contributed by atoms with E-state index in [4.69, 9.17) is 16.3 Å². The molecule has 0 aliphatic carbocycles. The third-order valence-corrected chi connectivity index (χ3v) is 10.4. The Balaban J connectivity index is 0.894. The summed E-state index contributed by atoms with van der Waals surface area (Å²) >= 11 is 6.27. The van der Waals surface area contributed by atoms with Crippen LogP contribution in [0.5, 0.6) is 11.5 Å². The summed E-state index contributed by atoms with van der Waals surface area (Å²) in [6.45, 7) is 0.870. The lowest BCUT2D eigenvalue weighted by Crippen LogP contribution is -2.52. The van der Waals surface area contributed by atoms with E-state index in [9.17, 15) is 29.1 Å². The molecule has 57 heavy (non-hydrogen) atoms. The topological polar surface area (TPSA) is 154 Å². The number of piperidine rings is 1. The minimum Gasteiger partial charge on any atom is -0.508 e. The summed E-state index contributed by atoms with van der Waals surface area (Å²) < 4.78 is 5.93. The fraction of sp³-hybridized carbons (Fsp3) is 0.311. The number of anilines is 1. The molecule has 4 N–H and O–H groups in total. The molecule has 2 aliphatic rings. The van der Waals surface area contributed by atoms with Crippen molar-refractivity contribution in [2.75, 3.05) is 24.3 Å². The molecule has 0 aromatic heterocycles. The Morgan fingerprint density at radius 1 is 0.789 bits per heavy atom. The summed E-state index contributed by atoms with van der Waals surface area (Å²) in [5.41, 5.74) is 6.82. The largest absolute Gasteiger partial charge is 0.508 e. The minimum atomic E-state index is -0.719. The Morgan fingerprint density at radius 2 is 1.47 bits per heavy atom. The summed E-state index contributed by atoms with van der Waals surface area (Å²) in [5, 5.41) is 18.1. The highest BCUT2D eigenvalue weighted by atomic mass is 35.5. The van der Waals surface area contributed by atoms with Crippen LogP contribution >= 0.6 is 11.6 Å². The van der Waals surface area contributed by atoms with Gasteiger partial charge in [0.05, 0.1) is 6.54 Å². The maximum atomic E-state index is 13.1. The number of ether oxygens (including phenoxy) is 1. The van der Waals surface area contributed by atoms with Crippen LogP contribution in [0, 0.1) is 0 Å². The van der Waals surface area contributed by atoms with E-state index in [2.05, 4.69) is 28.1 Å². The second kappa shape index (κ2) is 19.8. The standard InChI is InChI=1S/C45H47ClN4O7/c46-26-25-35(30-9-4-3-5-10-30)43(31-15-19-33(51)20-16-31)32-17-21-34(22-18-32)57-28-27-47-40(52)13-6-1-2-7-14-41(53)48-38-12-8-11-36-37(38)29-50(45(36)56)39-23-24-42(54)49-44(39)55/h3-5,8-12,15-22,39,51H,1-2,6-7,13-14,23-29H2,(H,47,52)(H,48,53)(H,49,54,55). The Morgan fingerprint density at radius 3 is 2.16 bits per heavy atom. The molecule has 296 valence electrons. The molecule has 1 atom stereocenters. The lowest BCUT2D eigenvalue weighted by molar-refractivity contribution is -0.137. The average Bonchev–Trinajstić information content (AvgIpc) is 3.55. The quantitative estimate of drug-likeness (QED) is 0.0360. The van der Waals surface area contributed by atoms with Crippen molar-refractivity contribution in [1.82, 2.24) is 15.5 Å². The second-order valence-electron chi connectivity index (χ2n) is 14.1. The number of imide groups is 1. The van der Waals surface area contributed by atoms with Gasteiger partial charge in [0, 0.05) is 48.5 Å². The fourth-order valence-corrected chi connectivity index (χ4v) is 7.49. The zero-order chi connectivity index (χ0) is 40.1. The molecule has 4 aromatic rings. The van der Waals surface area contributed by atoms with Gasteiger partial charge in [-0.2, -0.15) is 0 Å². The molecule has 1 saturated heterocycles. The number of nitrogens with zero attached hydrogens (tertiary/aromatic N) is 1. The van der Waals surface area contributed by atoms with Gasteiger partial charge in [-0.25, -0.2) is 0 Å². The second-order valence-corrected chi connectivity index (χ2v) is 14.5. The molecule has 2 heterocycles. The predicted molar refractivity (Wildman–Crippen MR) is 220 cm³/mol. The smallest absolute Gasteiger partial charge is 0.255 e. The molecule has 0 spiro atoms. The van der Waals surface area contributed by atoms with Gasteiger partial charge >= 0.3 is 0 Å². The number of amides is 5. The molecule has 0 radical (unpaired) electrons. The van der Waals surface area contributed by atoms with E-state index in [-0.39, 0.29) is 48.8 Å². The highest BCUT2D eigenvalue weighted by molar-refractivity contribution is 6.18. The van der Waals surface area contributed by atoms with Gasteiger partial charge in [-0.05, 0) is 89.9 Å². The number of nitrogens with one attached hydrogen (secondary N) is 3. The third kappa shape index (κ3) is 10.7. The summed E-state index contributed by atoms with van der Waals surface area (Å²) in [5.74, 6) is 0.00792. The van der Waals surface area contributed by atoms with Crippen LogP contribution in [-0.2, 0) is 25.7 Å². The van der Waals surface area contributed by atoms with E-state index < -0.39 is 11.9 Å². The summed E-state index contributed by atoms with van der Waals surface area (Å²) in [4.78, 5) is 63.7. The van der Waals surface area contributed by atoms with Crippen LogP contribution in [0.15, 0.2) is 97.1 Å². The molecule has 0 bridgehead atoms. The maximum Gasteiger partial charge on any atom is 0.255 e. The number of halogens is 1. The van der Waals surface area contributed by atoms with Crippen molar-refractivity contribution in [2.45, 2.75) is 70.4 Å². The van der Waals surface area contributed by atoms with E-state index in [1.54, 1.807) is 30.3 Å². The summed E-state index contributed by atoms with van der Waals surface area (Å²) in [6.07, 6.45) is 4.74. The molecular formula is C45H47ClN4O7. The van der Waals surface area contributed by atoms with Gasteiger partial charge in [0.1, 0.15) is 24.1 Å². The Hall–Kier alpha value is -5.94. The van der Waals surface area contributed by atoms with Gasteiger partial charge < -0.3 is 25.4 Å². The van der Waals surface area contributed by atoms with Crippen molar-refractivity contribution >= 4 is 58.0 Å². The number of alkyl halides is 1. The van der Waals surface area contributed by atoms with E-state index >= 15 is 0 Å². The molecule has 5 amide bonds. The zero-order valence-electron chi connectivity index (χ0n) is 31.7. The van der Waals surface area contributed by atoms with Crippen molar-refractivity contribution in [3.8, 4) is 11.5 Å². The van der Waals surface area contributed by atoms with Gasteiger partial charge in [-0.15, -0.1) is 11.6 Å². The number of carbonyl (C=O) groups excluding carboxylic acids is 5. The van der Waals surface area contributed by atoms with Crippen LogP contribution in [0.1, 0.15) is 90.4 Å².